The van der Waals surface area contributed by atoms with Gasteiger partial charge >= 0.3 is 0 Å². The normalized spacial score (nSPS) is 14.9. The van der Waals surface area contributed by atoms with Crippen molar-refractivity contribution in [2.45, 2.75) is 33.1 Å². The first-order chi connectivity index (χ1) is 7.74. The molecule has 1 aromatic rings. The minimum absolute atomic E-state index is 0.713. The van der Waals surface area contributed by atoms with Crippen molar-refractivity contribution in [3.63, 3.8) is 0 Å². The van der Waals surface area contributed by atoms with E-state index in [4.69, 9.17) is 5.84 Å². The van der Waals surface area contributed by atoms with Gasteiger partial charge in [-0.1, -0.05) is 6.92 Å². The molecule has 88 valence electrons. The maximum Gasteiger partial charge on any atom is 0.148 e. The van der Waals surface area contributed by atoms with Crippen LogP contribution in [0.2, 0.25) is 0 Å². The number of aromatic nitrogens is 2. The van der Waals surface area contributed by atoms with Crippen molar-refractivity contribution in [3.05, 3.63) is 11.4 Å². The predicted molar refractivity (Wildman–Crippen MR) is 65.2 cm³/mol. The first kappa shape index (κ1) is 11.1. The Balaban J connectivity index is 2.18. The SMILES string of the molecule is CCc1nc(NN)c(C)c(NCC2CC2)n1. The van der Waals surface area contributed by atoms with Crippen LogP contribution in [-0.2, 0) is 6.42 Å². The summed E-state index contributed by atoms with van der Waals surface area (Å²) in [5, 5.41) is 3.38. The summed E-state index contributed by atoms with van der Waals surface area (Å²) in [5.74, 6) is 8.71. The standard InChI is InChI=1S/C11H19N5/c1-3-9-14-10(13-6-8-4-5-8)7(2)11(15-9)16-12/h8H,3-6,12H2,1-2H3,(H2,13,14,15,16). The fourth-order valence-electron chi connectivity index (χ4n) is 1.60. The van der Waals surface area contributed by atoms with E-state index in [0.717, 1.165) is 36.1 Å². The minimum atomic E-state index is 0.713. The molecule has 16 heavy (non-hydrogen) atoms. The van der Waals surface area contributed by atoms with Gasteiger partial charge in [-0.2, -0.15) is 0 Å². The second kappa shape index (κ2) is 4.65. The molecule has 1 saturated carbocycles. The van der Waals surface area contributed by atoms with Crippen LogP contribution < -0.4 is 16.6 Å². The molecule has 1 heterocycles. The van der Waals surface area contributed by atoms with Crippen molar-refractivity contribution in [3.8, 4) is 0 Å². The van der Waals surface area contributed by atoms with E-state index in [-0.39, 0.29) is 0 Å². The molecule has 5 heteroatoms. The van der Waals surface area contributed by atoms with Crippen molar-refractivity contribution in [1.29, 1.82) is 0 Å². The second-order valence-electron chi connectivity index (χ2n) is 4.28. The Kier molecular flexibility index (Phi) is 3.24. The minimum Gasteiger partial charge on any atom is -0.369 e. The highest BCUT2D eigenvalue weighted by atomic mass is 15.3. The summed E-state index contributed by atoms with van der Waals surface area (Å²) in [6, 6.07) is 0. The van der Waals surface area contributed by atoms with Crippen LogP contribution in [0.15, 0.2) is 0 Å². The summed E-state index contributed by atoms with van der Waals surface area (Å²) in [7, 11) is 0. The van der Waals surface area contributed by atoms with E-state index in [1.807, 2.05) is 13.8 Å². The van der Waals surface area contributed by atoms with Crippen LogP contribution in [0, 0.1) is 12.8 Å². The maximum atomic E-state index is 5.44. The van der Waals surface area contributed by atoms with Gasteiger partial charge in [0.15, 0.2) is 0 Å². The first-order valence-electron chi connectivity index (χ1n) is 5.82. The van der Waals surface area contributed by atoms with E-state index in [9.17, 15) is 0 Å². The lowest BCUT2D eigenvalue weighted by Gasteiger charge is -2.12. The van der Waals surface area contributed by atoms with Crippen molar-refractivity contribution >= 4 is 11.6 Å². The molecule has 0 atom stereocenters. The molecule has 0 saturated heterocycles. The molecule has 4 N–H and O–H groups in total. The van der Waals surface area contributed by atoms with Crippen LogP contribution in [0.5, 0.6) is 0 Å². The van der Waals surface area contributed by atoms with Crippen molar-refractivity contribution < 1.29 is 0 Å². The van der Waals surface area contributed by atoms with E-state index in [0.29, 0.717) is 5.82 Å². The number of hydrazine groups is 1. The third-order valence-corrected chi connectivity index (χ3v) is 2.90. The largest absolute Gasteiger partial charge is 0.369 e. The number of nitrogens with one attached hydrogen (secondary N) is 2. The smallest absolute Gasteiger partial charge is 0.148 e. The van der Waals surface area contributed by atoms with Crippen LogP contribution in [0.4, 0.5) is 11.6 Å². The summed E-state index contributed by atoms with van der Waals surface area (Å²) in [6.07, 6.45) is 3.48. The molecule has 0 amide bonds. The van der Waals surface area contributed by atoms with Gasteiger partial charge in [0, 0.05) is 18.5 Å². The quantitative estimate of drug-likeness (QED) is 0.518. The molecule has 0 aliphatic heterocycles. The lowest BCUT2D eigenvalue weighted by Crippen LogP contribution is -2.15. The number of hydrogen-bond donors (Lipinski definition) is 3. The van der Waals surface area contributed by atoms with Crippen LogP contribution in [-0.4, -0.2) is 16.5 Å². The van der Waals surface area contributed by atoms with E-state index in [1.54, 1.807) is 0 Å². The molecular formula is C11H19N5. The molecule has 1 aliphatic rings. The second-order valence-corrected chi connectivity index (χ2v) is 4.28. The van der Waals surface area contributed by atoms with Gasteiger partial charge in [0.2, 0.25) is 0 Å². The zero-order chi connectivity index (χ0) is 11.5. The summed E-state index contributed by atoms with van der Waals surface area (Å²) in [5.41, 5.74) is 3.61. The molecule has 0 radical (unpaired) electrons. The summed E-state index contributed by atoms with van der Waals surface area (Å²) in [6.45, 7) is 5.02. The number of anilines is 2. The van der Waals surface area contributed by atoms with Crippen LogP contribution in [0.25, 0.3) is 0 Å². The number of nitrogen functional groups attached to an aromatic ring is 1. The Morgan fingerprint density at radius 1 is 1.31 bits per heavy atom. The van der Waals surface area contributed by atoms with Crippen molar-refractivity contribution in [1.82, 2.24) is 9.97 Å². The van der Waals surface area contributed by atoms with Gasteiger partial charge in [0.1, 0.15) is 17.5 Å². The zero-order valence-corrected chi connectivity index (χ0v) is 9.88. The number of hydrogen-bond acceptors (Lipinski definition) is 5. The number of rotatable bonds is 5. The molecule has 1 fully saturated rings. The van der Waals surface area contributed by atoms with Gasteiger partial charge < -0.3 is 10.7 Å². The topological polar surface area (TPSA) is 75.9 Å². The fraction of sp³-hybridized carbons (Fsp3) is 0.636. The van der Waals surface area contributed by atoms with Gasteiger partial charge in [-0.05, 0) is 25.7 Å². The van der Waals surface area contributed by atoms with Crippen molar-refractivity contribution in [2.75, 3.05) is 17.3 Å². The van der Waals surface area contributed by atoms with Crippen molar-refractivity contribution in [2.24, 2.45) is 11.8 Å². The fourth-order valence-corrected chi connectivity index (χ4v) is 1.60. The first-order valence-corrected chi connectivity index (χ1v) is 5.82. The van der Waals surface area contributed by atoms with Gasteiger partial charge in [0.05, 0.1) is 0 Å². The lowest BCUT2D eigenvalue weighted by atomic mass is 10.3. The molecule has 0 spiro atoms. The van der Waals surface area contributed by atoms with Gasteiger partial charge in [-0.25, -0.2) is 15.8 Å². The summed E-state index contributed by atoms with van der Waals surface area (Å²) in [4.78, 5) is 8.81. The highest BCUT2D eigenvalue weighted by Crippen LogP contribution is 2.29. The molecular weight excluding hydrogens is 202 g/mol. The third kappa shape index (κ3) is 2.41. The van der Waals surface area contributed by atoms with Gasteiger partial charge in [-0.3, -0.25) is 0 Å². The maximum absolute atomic E-state index is 5.44. The van der Waals surface area contributed by atoms with Crippen LogP contribution in [0.3, 0.4) is 0 Å². The molecule has 1 aromatic heterocycles. The average molecular weight is 221 g/mol. The van der Waals surface area contributed by atoms with E-state index < -0.39 is 0 Å². The monoisotopic (exact) mass is 221 g/mol. The molecule has 0 bridgehead atoms. The Morgan fingerprint density at radius 2 is 2.00 bits per heavy atom. The Hall–Kier alpha value is -1.36. The van der Waals surface area contributed by atoms with E-state index in [1.165, 1.54) is 12.8 Å². The Bertz CT molecular complexity index is 373. The van der Waals surface area contributed by atoms with Gasteiger partial charge in [-0.15, -0.1) is 0 Å². The third-order valence-electron chi connectivity index (χ3n) is 2.90. The molecule has 2 rings (SSSR count). The number of nitrogens with two attached hydrogens (primary N) is 1. The van der Waals surface area contributed by atoms with Gasteiger partial charge in [0.25, 0.3) is 0 Å². The van der Waals surface area contributed by atoms with Crippen LogP contribution >= 0.6 is 0 Å². The highest BCUT2D eigenvalue weighted by molar-refractivity contribution is 5.56. The number of nitrogens with zero attached hydrogens (tertiary/aromatic N) is 2. The molecule has 0 aromatic carbocycles. The lowest BCUT2D eigenvalue weighted by molar-refractivity contribution is 0.864. The Labute approximate surface area is 95.8 Å². The molecule has 0 unspecified atom stereocenters. The van der Waals surface area contributed by atoms with Crippen LogP contribution in [0.1, 0.15) is 31.2 Å². The predicted octanol–water partition coefficient (Wildman–Crippen LogP) is 1.45. The van der Waals surface area contributed by atoms with E-state index >= 15 is 0 Å². The summed E-state index contributed by atoms with van der Waals surface area (Å²) < 4.78 is 0. The molecule has 5 nitrogen and oxygen atoms in total. The summed E-state index contributed by atoms with van der Waals surface area (Å²) >= 11 is 0. The average Bonchev–Trinajstić information content (AvgIpc) is 3.11. The zero-order valence-electron chi connectivity index (χ0n) is 9.88. The molecule has 1 aliphatic carbocycles. The van der Waals surface area contributed by atoms with E-state index in [2.05, 4.69) is 20.7 Å². The Morgan fingerprint density at radius 3 is 2.56 bits per heavy atom. The highest BCUT2D eigenvalue weighted by Gasteiger charge is 2.21. The number of aryl methyl sites for hydroxylation is 1.